The average Bonchev–Trinajstić information content (AvgIpc) is 2.52. The molecule has 0 bridgehead atoms. The molecule has 1 atom stereocenters. The first-order chi connectivity index (χ1) is 11.0. The lowest BCUT2D eigenvalue weighted by Crippen LogP contribution is -2.33. The van der Waals surface area contributed by atoms with Gasteiger partial charge in [0.1, 0.15) is 5.75 Å². The molecule has 0 heterocycles. The summed E-state index contributed by atoms with van der Waals surface area (Å²) in [5.74, 6) is 0.278. The summed E-state index contributed by atoms with van der Waals surface area (Å²) in [5, 5.41) is 4.64. The Hall–Kier alpha value is -2.33. The highest BCUT2D eigenvalue weighted by Gasteiger charge is 2.14. The van der Waals surface area contributed by atoms with Crippen molar-refractivity contribution in [1.82, 2.24) is 5.43 Å². The minimum atomic E-state index is -0.662. The maximum absolute atomic E-state index is 12.0. The van der Waals surface area contributed by atoms with Crippen molar-refractivity contribution in [3.05, 3.63) is 64.2 Å². The van der Waals surface area contributed by atoms with Crippen LogP contribution in [0.4, 0.5) is 0 Å². The van der Waals surface area contributed by atoms with E-state index >= 15 is 0 Å². The lowest BCUT2D eigenvalue weighted by atomic mass is 10.1. The molecular weight excluding hydrogens is 312 g/mol. The van der Waals surface area contributed by atoms with Crippen molar-refractivity contribution in [2.24, 2.45) is 5.10 Å². The molecule has 2 aromatic rings. The van der Waals surface area contributed by atoms with Gasteiger partial charge in [0, 0.05) is 5.02 Å². The molecule has 2 rings (SSSR count). The van der Waals surface area contributed by atoms with Gasteiger partial charge >= 0.3 is 0 Å². The van der Waals surface area contributed by atoms with Crippen molar-refractivity contribution < 1.29 is 9.53 Å². The maximum atomic E-state index is 12.0. The lowest BCUT2D eigenvalue weighted by molar-refractivity contribution is -0.127. The molecule has 0 spiro atoms. The van der Waals surface area contributed by atoms with Gasteiger partial charge in [-0.05, 0) is 55.7 Å². The number of hydrogen-bond donors (Lipinski definition) is 1. The first-order valence-corrected chi connectivity index (χ1v) is 7.66. The van der Waals surface area contributed by atoms with Crippen LogP contribution in [-0.4, -0.2) is 18.2 Å². The largest absolute Gasteiger partial charge is 0.481 e. The van der Waals surface area contributed by atoms with Gasteiger partial charge in [-0.2, -0.15) is 5.10 Å². The van der Waals surface area contributed by atoms with Crippen molar-refractivity contribution in [1.29, 1.82) is 0 Å². The second-order valence-electron chi connectivity index (χ2n) is 5.26. The number of hydrogen-bond acceptors (Lipinski definition) is 3. The second-order valence-corrected chi connectivity index (χ2v) is 5.67. The third kappa shape index (κ3) is 4.83. The van der Waals surface area contributed by atoms with E-state index in [-0.39, 0.29) is 5.91 Å². The highest BCUT2D eigenvalue weighted by Crippen LogP contribution is 2.21. The molecular formula is C18H19ClN2O2. The topological polar surface area (TPSA) is 50.7 Å². The molecule has 120 valence electrons. The molecule has 0 aromatic heterocycles. The quantitative estimate of drug-likeness (QED) is 0.668. The summed E-state index contributed by atoms with van der Waals surface area (Å²) in [4.78, 5) is 12.0. The zero-order valence-electron chi connectivity index (χ0n) is 13.3. The number of rotatable bonds is 5. The van der Waals surface area contributed by atoms with Gasteiger partial charge in [0.25, 0.3) is 5.91 Å². The van der Waals surface area contributed by atoms with Crippen LogP contribution < -0.4 is 10.2 Å². The Labute approximate surface area is 141 Å². The summed E-state index contributed by atoms with van der Waals surface area (Å²) in [7, 11) is 0. The van der Waals surface area contributed by atoms with Gasteiger partial charge < -0.3 is 4.74 Å². The predicted octanol–water partition coefficient (Wildman–Crippen LogP) is 3.87. The maximum Gasteiger partial charge on any atom is 0.280 e. The van der Waals surface area contributed by atoms with E-state index in [0.717, 1.165) is 16.7 Å². The Morgan fingerprint density at radius 1 is 1.22 bits per heavy atom. The van der Waals surface area contributed by atoms with Crippen LogP contribution in [0.5, 0.6) is 5.75 Å². The van der Waals surface area contributed by atoms with Gasteiger partial charge in [-0.1, -0.05) is 35.9 Å². The van der Waals surface area contributed by atoms with Gasteiger partial charge in [-0.3, -0.25) is 4.79 Å². The third-order valence-electron chi connectivity index (χ3n) is 3.38. The fraction of sp³-hybridized carbons (Fsp3) is 0.222. The number of benzene rings is 2. The van der Waals surface area contributed by atoms with E-state index in [1.807, 2.05) is 38.1 Å². The fourth-order valence-corrected chi connectivity index (χ4v) is 2.05. The molecule has 1 amide bonds. The summed E-state index contributed by atoms with van der Waals surface area (Å²) in [5.41, 5.74) is 5.42. The SMILES string of the molecule is Cc1cc(O[C@@H](C)C(=O)NN=Cc2ccccc2C)ccc1Cl. The number of aryl methyl sites for hydroxylation is 2. The Morgan fingerprint density at radius 2 is 1.96 bits per heavy atom. The smallest absolute Gasteiger partial charge is 0.280 e. The van der Waals surface area contributed by atoms with Crippen molar-refractivity contribution in [3.8, 4) is 5.75 Å². The van der Waals surface area contributed by atoms with E-state index in [0.29, 0.717) is 10.8 Å². The van der Waals surface area contributed by atoms with Crippen molar-refractivity contribution in [2.75, 3.05) is 0 Å². The lowest BCUT2D eigenvalue weighted by Gasteiger charge is -2.13. The summed E-state index contributed by atoms with van der Waals surface area (Å²) in [6.07, 6.45) is 0.955. The summed E-state index contributed by atoms with van der Waals surface area (Å²) < 4.78 is 5.59. The Balaban J connectivity index is 1.92. The zero-order valence-corrected chi connectivity index (χ0v) is 14.1. The van der Waals surface area contributed by atoms with Gasteiger partial charge in [0.05, 0.1) is 6.21 Å². The molecule has 0 aliphatic rings. The number of amides is 1. The average molecular weight is 331 g/mol. The third-order valence-corrected chi connectivity index (χ3v) is 3.80. The van der Waals surface area contributed by atoms with Crippen LogP contribution in [0.25, 0.3) is 0 Å². The molecule has 4 nitrogen and oxygen atoms in total. The standard InChI is InChI=1S/C18H19ClN2O2/c1-12-6-4-5-7-15(12)11-20-21-18(22)14(3)23-16-8-9-17(19)13(2)10-16/h4-11,14H,1-3H3,(H,21,22)/t14-/m0/s1. The number of hydrazone groups is 1. The summed E-state index contributed by atoms with van der Waals surface area (Å²) in [6.45, 7) is 5.53. The van der Waals surface area contributed by atoms with Crippen LogP contribution in [0.15, 0.2) is 47.6 Å². The van der Waals surface area contributed by atoms with Gasteiger partial charge in [-0.15, -0.1) is 0 Å². The molecule has 0 fully saturated rings. The van der Waals surface area contributed by atoms with Crippen LogP contribution in [0.3, 0.4) is 0 Å². The van der Waals surface area contributed by atoms with Crippen LogP contribution in [0, 0.1) is 13.8 Å². The second kappa shape index (κ2) is 7.79. The molecule has 0 aliphatic carbocycles. The van der Waals surface area contributed by atoms with E-state index in [1.165, 1.54) is 0 Å². The molecule has 2 aromatic carbocycles. The first kappa shape index (κ1) is 17.0. The Kier molecular flexibility index (Phi) is 5.77. The van der Waals surface area contributed by atoms with Gasteiger partial charge in [-0.25, -0.2) is 5.43 Å². The number of carbonyl (C=O) groups excluding carboxylic acids is 1. The highest BCUT2D eigenvalue weighted by molar-refractivity contribution is 6.31. The van der Waals surface area contributed by atoms with Crippen LogP contribution in [0.2, 0.25) is 5.02 Å². The zero-order chi connectivity index (χ0) is 16.8. The van der Waals surface area contributed by atoms with Gasteiger partial charge in [0.15, 0.2) is 6.10 Å². The number of carbonyl (C=O) groups is 1. The molecule has 0 unspecified atom stereocenters. The van der Waals surface area contributed by atoms with E-state index in [4.69, 9.17) is 16.3 Å². The fourth-order valence-electron chi connectivity index (χ4n) is 1.94. The molecule has 0 radical (unpaired) electrons. The van der Waals surface area contributed by atoms with E-state index in [1.54, 1.807) is 31.3 Å². The Morgan fingerprint density at radius 3 is 2.65 bits per heavy atom. The number of nitrogens with one attached hydrogen (secondary N) is 1. The molecule has 1 N–H and O–H groups in total. The summed E-state index contributed by atoms with van der Waals surface area (Å²) in [6, 6.07) is 13.1. The molecule has 0 aliphatic heterocycles. The summed E-state index contributed by atoms with van der Waals surface area (Å²) >= 11 is 5.97. The molecule has 5 heteroatoms. The minimum absolute atomic E-state index is 0.317. The number of ether oxygens (including phenoxy) is 1. The first-order valence-electron chi connectivity index (χ1n) is 7.28. The molecule has 0 saturated heterocycles. The van der Waals surface area contributed by atoms with Gasteiger partial charge in [0.2, 0.25) is 0 Å². The normalized spacial score (nSPS) is 12.2. The number of nitrogens with zero attached hydrogens (tertiary/aromatic N) is 1. The van der Waals surface area contributed by atoms with Crippen LogP contribution >= 0.6 is 11.6 Å². The van der Waals surface area contributed by atoms with E-state index in [9.17, 15) is 4.79 Å². The highest BCUT2D eigenvalue weighted by atomic mass is 35.5. The van der Waals surface area contributed by atoms with Crippen LogP contribution in [-0.2, 0) is 4.79 Å². The number of halogens is 1. The van der Waals surface area contributed by atoms with Crippen molar-refractivity contribution >= 4 is 23.7 Å². The minimum Gasteiger partial charge on any atom is -0.481 e. The molecule has 23 heavy (non-hydrogen) atoms. The Bertz CT molecular complexity index is 729. The molecule has 0 saturated carbocycles. The monoisotopic (exact) mass is 330 g/mol. The van der Waals surface area contributed by atoms with Crippen molar-refractivity contribution in [3.63, 3.8) is 0 Å². The van der Waals surface area contributed by atoms with E-state index < -0.39 is 6.10 Å². The predicted molar refractivity (Wildman–Crippen MR) is 93.2 cm³/mol. The van der Waals surface area contributed by atoms with E-state index in [2.05, 4.69) is 10.5 Å². The van der Waals surface area contributed by atoms with Crippen molar-refractivity contribution in [2.45, 2.75) is 26.9 Å². The van der Waals surface area contributed by atoms with Crippen LogP contribution in [0.1, 0.15) is 23.6 Å².